The van der Waals surface area contributed by atoms with Gasteiger partial charge in [-0.15, -0.1) is 0 Å². The molecule has 0 bridgehead atoms. The summed E-state index contributed by atoms with van der Waals surface area (Å²) in [7, 11) is 7.12. The maximum Gasteiger partial charge on any atom is 0.245 e. The highest BCUT2D eigenvalue weighted by molar-refractivity contribution is 6.32. The number of amides is 2. The third kappa shape index (κ3) is 5.05. The van der Waals surface area contributed by atoms with Crippen molar-refractivity contribution in [3.05, 3.63) is 29.8 Å². The Labute approximate surface area is 120 Å². The van der Waals surface area contributed by atoms with Gasteiger partial charge < -0.3 is 15.4 Å². The molecule has 1 rings (SSSR count). The van der Waals surface area contributed by atoms with Gasteiger partial charge in [0.1, 0.15) is 13.9 Å². The van der Waals surface area contributed by atoms with E-state index in [-0.39, 0.29) is 11.8 Å². The number of benzene rings is 1. The van der Waals surface area contributed by atoms with E-state index in [0.717, 1.165) is 5.56 Å². The molecule has 2 amide bonds. The van der Waals surface area contributed by atoms with Gasteiger partial charge in [-0.1, -0.05) is 29.7 Å². The number of rotatable bonds is 6. The van der Waals surface area contributed by atoms with Gasteiger partial charge in [0.05, 0.1) is 12.7 Å². The van der Waals surface area contributed by atoms with E-state index in [2.05, 4.69) is 10.6 Å². The molecular weight excluding hydrogens is 255 g/mol. The van der Waals surface area contributed by atoms with Crippen LogP contribution in [0.15, 0.2) is 24.3 Å². The first-order valence-electron chi connectivity index (χ1n) is 6.38. The number of hydrogen-bond donors (Lipinski definition) is 2. The maximum atomic E-state index is 11.7. The topological polar surface area (TPSA) is 67.4 Å². The first-order valence-corrected chi connectivity index (χ1v) is 6.38. The molecule has 0 spiro atoms. The molecular formula is C14H19BN2O3. The van der Waals surface area contributed by atoms with Crippen molar-refractivity contribution in [2.24, 2.45) is 0 Å². The van der Waals surface area contributed by atoms with Crippen LogP contribution in [0.1, 0.15) is 19.4 Å². The van der Waals surface area contributed by atoms with Crippen molar-refractivity contribution in [1.29, 1.82) is 0 Å². The van der Waals surface area contributed by atoms with Gasteiger partial charge in [-0.05, 0) is 12.5 Å². The summed E-state index contributed by atoms with van der Waals surface area (Å²) in [5.74, 6) is -0.563. The van der Waals surface area contributed by atoms with Crippen LogP contribution < -0.4 is 16.1 Å². The molecule has 0 aromatic heterocycles. The molecule has 0 fully saturated rings. The third-order valence-corrected chi connectivity index (χ3v) is 2.85. The van der Waals surface area contributed by atoms with Gasteiger partial charge in [0, 0.05) is 14.0 Å². The Hall–Kier alpha value is -1.82. The van der Waals surface area contributed by atoms with Crippen molar-refractivity contribution < 1.29 is 14.3 Å². The molecule has 6 heteroatoms. The van der Waals surface area contributed by atoms with Crippen LogP contribution in [0.25, 0.3) is 0 Å². The fourth-order valence-corrected chi connectivity index (χ4v) is 1.71. The first-order chi connectivity index (χ1) is 9.43. The standard InChI is InChI=1S/C14H19BN2O3/c1-9(13(14(19)16-3)17-10(2)18)20-8-11-4-6-12(15)7-5-11/h4-7,9,13H,8H2,1-3H3,(H,16,19)(H,17,18). The zero-order valence-corrected chi connectivity index (χ0v) is 12.0. The van der Waals surface area contributed by atoms with E-state index in [1.807, 2.05) is 12.1 Å². The molecule has 1 aromatic carbocycles. The molecule has 2 unspecified atom stereocenters. The minimum Gasteiger partial charge on any atom is -0.371 e. The second kappa shape index (κ2) is 7.70. The predicted molar refractivity (Wildman–Crippen MR) is 77.8 cm³/mol. The minimum absolute atomic E-state index is 0.276. The number of nitrogens with one attached hydrogen (secondary N) is 2. The van der Waals surface area contributed by atoms with Gasteiger partial charge in [0.15, 0.2) is 0 Å². The fraction of sp³-hybridized carbons (Fsp3) is 0.429. The molecule has 0 saturated heterocycles. The van der Waals surface area contributed by atoms with Gasteiger partial charge >= 0.3 is 0 Å². The van der Waals surface area contributed by atoms with Crippen molar-refractivity contribution in [3.8, 4) is 0 Å². The number of carbonyl (C=O) groups is 2. The van der Waals surface area contributed by atoms with Crippen molar-refractivity contribution in [3.63, 3.8) is 0 Å². The van der Waals surface area contributed by atoms with Crippen LogP contribution in [0.3, 0.4) is 0 Å². The second-order valence-electron chi connectivity index (χ2n) is 4.55. The smallest absolute Gasteiger partial charge is 0.245 e. The van der Waals surface area contributed by atoms with E-state index < -0.39 is 12.1 Å². The summed E-state index contributed by atoms with van der Waals surface area (Å²) in [6, 6.07) is 6.57. The van der Waals surface area contributed by atoms with E-state index in [1.54, 1.807) is 19.1 Å². The molecule has 2 radical (unpaired) electrons. The lowest BCUT2D eigenvalue weighted by atomic mass is 9.95. The molecule has 0 saturated carbocycles. The molecule has 2 atom stereocenters. The predicted octanol–water partition coefficient (Wildman–Crippen LogP) is -0.364. The summed E-state index contributed by atoms with van der Waals surface area (Å²) in [6.45, 7) is 3.45. The van der Waals surface area contributed by atoms with E-state index >= 15 is 0 Å². The molecule has 5 nitrogen and oxygen atoms in total. The number of carbonyl (C=O) groups excluding carboxylic acids is 2. The monoisotopic (exact) mass is 274 g/mol. The quantitative estimate of drug-likeness (QED) is 0.696. The second-order valence-corrected chi connectivity index (χ2v) is 4.55. The Balaban J connectivity index is 2.61. The van der Waals surface area contributed by atoms with Crippen LogP contribution in [0.4, 0.5) is 0 Å². The van der Waals surface area contributed by atoms with Gasteiger partial charge in [0.25, 0.3) is 0 Å². The Morgan fingerprint density at radius 1 is 1.30 bits per heavy atom. The van der Waals surface area contributed by atoms with Crippen molar-refractivity contribution in [2.75, 3.05) is 7.05 Å². The summed E-state index contributed by atoms with van der Waals surface area (Å²) in [5.41, 5.74) is 1.63. The Kier molecular flexibility index (Phi) is 6.25. The summed E-state index contributed by atoms with van der Waals surface area (Å²) < 4.78 is 5.64. The zero-order valence-electron chi connectivity index (χ0n) is 12.0. The molecule has 106 valence electrons. The van der Waals surface area contributed by atoms with Crippen molar-refractivity contribution >= 4 is 25.1 Å². The summed E-state index contributed by atoms with van der Waals surface area (Å²) in [4.78, 5) is 22.9. The molecule has 0 heterocycles. The number of hydrogen-bond acceptors (Lipinski definition) is 3. The minimum atomic E-state index is -0.716. The van der Waals surface area contributed by atoms with Crippen LogP contribution in [0.2, 0.25) is 0 Å². The normalized spacial score (nSPS) is 13.3. The molecule has 0 aliphatic carbocycles. The average Bonchev–Trinajstić information content (AvgIpc) is 2.42. The number of likely N-dealkylation sites (N-methyl/N-ethyl adjacent to an activating group) is 1. The molecule has 20 heavy (non-hydrogen) atoms. The van der Waals surface area contributed by atoms with Crippen LogP contribution >= 0.6 is 0 Å². The Morgan fingerprint density at radius 3 is 2.40 bits per heavy atom. The summed E-state index contributed by atoms with van der Waals surface area (Å²) in [6.07, 6.45) is -0.448. The van der Waals surface area contributed by atoms with E-state index in [9.17, 15) is 9.59 Å². The third-order valence-electron chi connectivity index (χ3n) is 2.85. The van der Waals surface area contributed by atoms with E-state index in [4.69, 9.17) is 12.6 Å². The van der Waals surface area contributed by atoms with Crippen molar-refractivity contribution in [2.45, 2.75) is 32.6 Å². The zero-order chi connectivity index (χ0) is 15.1. The van der Waals surface area contributed by atoms with Crippen LogP contribution in [0, 0.1) is 0 Å². The highest BCUT2D eigenvalue weighted by atomic mass is 16.5. The Morgan fingerprint density at radius 2 is 1.90 bits per heavy atom. The van der Waals surface area contributed by atoms with Gasteiger partial charge in [-0.3, -0.25) is 9.59 Å². The largest absolute Gasteiger partial charge is 0.371 e. The summed E-state index contributed by atoms with van der Waals surface area (Å²) >= 11 is 0. The van der Waals surface area contributed by atoms with Gasteiger partial charge in [-0.2, -0.15) is 0 Å². The number of ether oxygens (including phenoxy) is 1. The van der Waals surface area contributed by atoms with Crippen molar-refractivity contribution in [1.82, 2.24) is 10.6 Å². The van der Waals surface area contributed by atoms with E-state index in [1.165, 1.54) is 14.0 Å². The lowest BCUT2D eigenvalue weighted by Gasteiger charge is -2.23. The van der Waals surface area contributed by atoms with E-state index in [0.29, 0.717) is 12.1 Å². The molecule has 0 aliphatic rings. The molecule has 2 N–H and O–H groups in total. The first kappa shape index (κ1) is 16.2. The van der Waals surface area contributed by atoms with Crippen LogP contribution in [-0.4, -0.2) is 38.9 Å². The SMILES string of the molecule is [B]c1ccc(COC(C)C(NC(C)=O)C(=O)NC)cc1. The maximum absolute atomic E-state index is 11.7. The molecule has 0 aliphatic heterocycles. The summed E-state index contributed by atoms with van der Waals surface area (Å²) in [5, 5.41) is 5.09. The van der Waals surface area contributed by atoms with Gasteiger partial charge in [-0.25, -0.2) is 0 Å². The Bertz CT molecular complexity index is 462. The van der Waals surface area contributed by atoms with Crippen LogP contribution in [-0.2, 0) is 20.9 Å². The fourth-order valence-electron chi connectivity index (χ4n) is 1.71. The lowest BCUT2D eigenvalue weighted by molar-refractivity contribution is -0.132. The lowest BCUT2D eigenvalue weighted by Crippen LogP contribution is -2.51. The molecule has 1 aromatic rings. The highest BCUT2D eigenvalue weighted by Gasteiger charge is 2.25. The highest BCUT2D eigenvalue weighted by Crippen LogP contribution is 2.06. The van der Waals surface area contributed by atoms with Gasteiger partial charge in [0.2, 0.25) is 11.8 Å². The average molecular weight is 274 g/mol. The van der Waals surface area contributed by atoms with Crippen LogP contribution in [0.5, 0.6) is 0 Å².